The zero-order chi connectivity index (χ0) is 13.8. The van der Waals surface area contributed by atoms with Crippen molar-refractivity contribution in [1.29, 1.82) is 0 Å². The van der Waals surface area contributed by atoms with Gasteiger partial charge in [0.25, 0.3) is 0 Å². The summed E-state index contributed by atoms with van der Waals surface area (Å²) in [5.41, 5.74) is 1.75. The van der Waals surface area contributed by atoms with Gasteiger partial charge in [-0.1, -0.05) is 11.6 Å². The van der Waals surface area contributed by atoms with Crippen molar-refractivity contribution in [3.8, 4) is 0 Å². The lowest BCUT2D eigenvalue weighted by molar-refractivity contribution is 0.495. The van der Waals surface area contributed by atoms with E-state index in [2.05, 4.69) is 22.2 Å². The molecule has 0 aliphatic rings. The fourth-order valence-corrected chi connectivity index (χ4v) is 2.01. The van der Waals surface area contributed by atoms with E-state index in [1.807, 2.05) is 26.0 Å². The van der Waals surface area contributed by atoms with E-state index in [4.69, 9.17) is 16.0 Å². The molecule has 2 aromatic rings. The monoisotopic (exact) mass is 279 g/mol. The van der Waals surface area contributed by atoms with Crippen molar-refractivity contribution >= 4 is 17.4 Å². The SMILES string of the molecule is Cc1nc(Cl)c(NC(C)CCc2ccco2)nc1C. The van der Waals surface area contributed by atoms with E-state index in [9.17, 15) is 0 Å². The van der Waals surface area contributed by atoms with E-state index in [0.717, 1.165) is 30.0 Å². The van der Waals surface area contributed by atoms with Crippen LogP contribution >= 0.6 is 11.6 Å². The summed E-state index contributed by atoms with van der Waals surface area (Å²) < 4.78 is 5.31. The highest BCUT2D eigenvalue weighted by Crippen LogP contribution is 2.20. The van der Waals surface area contributed by atoms with E-state index in [1.54, 1.807) is 6.26 Å². The molecular formula is C14H18ClN3O. The molecule has 0 radical (unpaired) electrons. The van der Waals surface area contributed by atoms with Crippen LogP contribution in [0.1, 0.15) is 30.5 Å². The van der Waals surface area contributed by atoms with Gasteiger partial charge in [-0.25, -0.2) is 9.97 Å². The molecule has 0 aliphatic heterocycles. The molecule has 0 saturated carbocycles. The van der Waals surface area contributed by atoms with Gasteiger partial charge in [0, 0.05) is 12.5 Å². The lowest BCUT2D eigenvalue weighted by atomic mass is 10.1. The maximum Gasteiger partial charge on any atom is 0.171 e. The third kappa shape index (κ3) is 3.70. The maximum atomic E-state index is 6.09. The van der Waals surface area contributed by atoms with Crippen LogP contribution < -0.4 is 5.32 Å². The third-order valence-corrected chi connectivity index (χ3v) is 3.31. The Hall–Kier alpha value is -1.55. The molecule has 0 bridgehead atoms. The number of furan rings is 1. The maximum absolute atomic E-state index is 6.09. The molecule has 2 rings (SSSR count). The summed E-state index contributed by atoms with van der Waals surface area (Å²) >= 11 is 6.09. The van der Waals surface area contributed by atoms with Crippen LogP contribution in [0.5, 0.6) is 0 Å². The zero-order valence-corrected chi connectivity index (χ0v) is 12.2. The van der Waals surface area contributed by atoms with Crippen LogP contribution in [0.4, 0.5) is 5.82 Å². The average molecular weight is 280 g/mol. The lowest BCUT2D eigenvalue weighted by Gasteiger charge is -2.15. The van der Waals surface area contributed by atoms with Crippen molar-refractivity contribution in [2.45, 2.75) is 39.7 Å². The van der Waals surface area contributed by atoms with Gasteiger partial charge in [-0.2, -0.15) is 0 Å². The van der Waals surface area contributed by atoms with Crippen LogP contribution in [0.15, 0.2) is 22.8 Å². The first kappa shape index (κ1) is 13.9. The fourth-order valence-electron chi connectivity index (χ4n) is 1.79. The van der Waals surface area contributed by atoms with E-state index in [-0.39, 0.29) is 6.04 Å². The first-order chi connectivity index (χ1) is 9.06. The minimum Gasteiger partial charge on any atom is -0.469 e. The highest BCUT2D eigenvalue weighted by Gasteiger charge is 2.10. The largest absolute Gasteiger partial charge is 0.469 e. The summed E-state index contributed by atoms with van der Waals surface area (Å²) in [7, 11) is 0. The topological polar surface area (TPSA) is 51.0 Å². The van der Waals surface area contributed by atoms with Crippen LogP contribution in [-0.4, -0.2) is 16.0 Å². The van der Waals surface area contributed by atoms with Crippen LogP contribution in [0, 0.1) is 13.8 Å². The fraction of sp³-hybridized carbons (Fsp3) is 0.429. The smallest absolute Gasteiger partial charge is 0.171 e. The second-order valence-corrected chi connectivity index (χ2v) is 5.06. The molecule has 2 aromatic heterocycles. The van der Waals surface area contributed by atoms with Gasteiger partial charge < -0.3 is 9.73 Å². The normalized spacial score (nSPS) is 12.4. The van der Waals surface area contributed by atoms with Crippen molar-refractivity contribution in [3.63, 3.8) is 0 Å². The van der Waals surface area contributed by atoms with Gasteiger partial charge in [0.05, 0.1) is 17.7 Å². The predicted octanol–water partition coefficient (Wildman–Crippen LogP) is 3.77. The van der Waals surface area contributed by atoms with E-state index in [0.29, 0.717) is 11.0 Å². The quantitative estimate of drug-likeness (QED) is 0.905. The first-order valence-electron chi connectivity index (χ1n) is 6.36. The van der Waals surface area contributed by atoms with Gasteiger partial charge in [-0.3, -0.25) is 0 Å². The number of aryl methyl sites for hydroxylation is 3. The highest BCUT2D eigenvalue weighted by atomic mass is 35.5. The number of anilines is 1. The molecule has 19 heavy (non-hydrogen) atoms. The van der Waals surface area contributed by atoms with Crippen molar-refractivity contribution in [2.24, 2.45) is 0 Å². The molecule has 0 spiro atoms. The van der Waals surface area contributed by atoms with Crippen LogP contribution in [-0.2, 0) is 6.42 Å². The molecule has 102 valence electrons. The Morgan fingerprint density at radius 1 is 1.32 bits per heavy atom. The number of nitrogens with zero attached hydrogens (tertiary/aromatic N) is 2. The van der Waals surface area contributed by atoms with Crippen LogP contribution in [0.25, 0.3) is 0 Å². The Labute approximate surface area is 118 Å². The average Bonchev–Trinajstić information content (AvgIpc) is 2.86. The molecule has 1 atom stereocenters. The lowest BCUT2D eigenvalue weighted by Crippen LogP contribution is -2.18. The first-order valence-corrected chi connectivity index (χ1v) is 6.73. The molecule has 0 aromatic carbocycles. The number of aromatic nitrogens is 2. The van der Waals surface area contributed by atoms with Crippen LogP contribution in [0.3, 0.4) is 0 Å². The van der Waals surface area contributed by atoms with E-state index < -0.39 is 0 Å². The van der Waals surface area contributed by atoms with Gasteiger partial charge in [0.15, 0.2) is 11.0 Å². The Bertz CT molecular complexity index is 540. The second kappa shape index (κ2) is 6.06. The molecular weight excluding hydrogens is 262 g/mol. The van der Waals surface area contributed by atoms with Gasteiger partial charge in [0.1, 0.15) is 5.76 Å². The number of nitrogens with one attached hydrogen (secondary N) is 1. The summed E-state index contributed by atoms with van der Waals surface area (Å²) in [5, 5.41) is 3.72. The third-order valence-electron chi connectivity index (χ3n) is 3.05. The van der Waals surface area contributed by atoms with Gasteiger partial charge in [-0.15, -0.1) is 0 Å². The van der Waals surface area contributed by atoms with Gasteiger partial charge in [-0.05, 0) is 39.3 Å². The van der Waals surface area contributed by atoms with E-state index in [1.165, 1.54) is 0 Å². The van der Waals surface area contributed by atoms with Crippen molar-refractivity contribution < 1.29 is 4.42 Å². The van der Waals surface area contributed by atoms with Crippen LogP contribution in [0.2, 0.25) is 5.15 Å². The van der Waals surface area contributed by atoms with Crippen molar-refractivity contribution in [2.75, 3.05) is 5.32 Å². The summed E-state index contributed by atoms with van der Waals surface area (Å²) in [6, 6.07) is 4.13. The molecule has 0 amide bonds. The molecule has 2 heterocycles. The standard InChI is InChI=1S/C14H18ClN3O/c1-9(6-7-12-5-4-8-19-12)16-14-13(15)17-10(2)11(3)18-14/h4-5,8-9H,6-7H2,1-3H3,(H,16,18). The van der Waals surface area contributed by atoms with Gasteiger partial charge in [0.2, 0.25) is 0 Å². The predicted molar refractivity (Wildman–Crippen MR) is 76.6 cm³/mol. The van der Waals surface area contributed by atoms with Crippen molar-refractivity contribution in [1.82, 2.24) is 9.97 Å². The minimum atomic E-state index is 0.249. The summed E-state index contributed by atoms with van der Waals surface area (Å²) in [5.74, 6) is 1.64. The van der Waals surface area contributed by atoms with Crippen molar-refractivity contribution in [3.05, 3.63) is 40.7 Å². The molecule has 1 unspecified atom stereocenters. The Morgan fingerprint density at radius 3 is 2.74 bits per heavy atom. The molecule has 0 fully saturated rings. The number of hydrogen-bond donors (Lipinski definition) is 1. The van der Waals surface area contributed by atoms with Gasteiger partial charge >= 0.3 is 0 Å². The molecule has 4 nitrogen and oxygen atoms in total. The second-order valence-electron chi connectivity index (χ2n) is 4.70. The number of halogens is 1. The van der Waals surface area contributed by atoms with E-state index >= 15 is 0 Å². The number of rotatable bonds is 5. The molecule has 1 N–H and O–H groups in total. The molecule has 5 heteroatoms. The highest BCUT2D eigenvalue weighted by molar-refractivity contribution is 6.31. The Balaban J connectivity index is 1.95. The molecule has 0 saturated heterocycles. The summed E-state index contributed by atoms with van der Waals surface area (Å²) in [6.45, 7) is 5.92. The minimum absolute atomic E-state index is 0.249. The number of hydrogen-bond acceptors (Lipinski definition) is 4. The summed E-state index contributed by atoms with van der Waals surface area (Å²) in [4.78, 5) is 8.69. The Kier molecular flexibility index (Phi) is 4.43. The zero-order valence-electron chi connectivity index (χ0n) is 11.4. The Morgan fingerprint density at radius 2 is 2.05 bits per heavy atom. The molecule has 0 aliphatic carbocycles. The summed E-state index contributed by atoms with van der Waals surface area (Å²) in [6.07, 6.45) is 3.52.